The van der Waals surface area contributed by atoms with Gasteiger partial charge in [0.15, 0.2) is 0 Å². The molecule has 2 aromatic carbocycles. The molecule has 1 N–H and O–H groups in total. The molecule has 0 atom stereocenters. The van der Waals surface area contributed by atoms with Gasteiger partial charge in [-0.1, -0.05) is 30.3 Å². The lowest BCUT2D eigenvalue weighted by molar-refractivity contribution is 0.257. The molecule has 0 saturated carbocycles. The van der Waals surface area contributed by atoms with Crippen molar-refractivity contribution in [3.05, 3.63) is 59.7 Å². The van der Waals surface area contributed by atoms with Crippen molar-refractivity contribution in [1.82, 2.24) is 29.5 Å². The van der Waals surface area contributed by atoms with E-state index in [0.29, 0.717) is 0 Å². The molecule has 46 heavy (non-hydrogen) atoms. The Morgan fingerprint density at radius 2 is 1.26 bits per heavy atom. The molecule has 2 aliphatic rings. The van der Waals surface area contributed by atoms with E-state index in [-0.39, 0.29) is 102 Å². The fraction of sp³-hybridized carbons (Fsp3) is 0.545. The molecule has 5 rings (SSSR count). The van der Waals surface area contributed by atoms with Crippen molar-refractivity contribution in [2.24, 2.45) is 0 Å². The van der Waals surface area contributed by atoms with Gasteiger partial charge in [0.05, 0.1) is 11.2 Å². The van der Waals surface area contributed by atoms with E-state index in [4.69, 9.17) is 4.98 Å². The normalized spacial score (nSPS) is 16.3. The Kier molecular flexibility index (Phi) is 25.8. The van der Waals surface area contributed by atoms with Gasteiger partial charge in [0.2, 0.25) is 0 Å². The molecule has 13 heteroatoms. The summed E-state index contributed by atoms with van der Waals surface area (Å²) in [5, 5.41) is 4.87. The summed E-state index contributed by atoms with van der Waals surface area (Å²) in [6, 6.07) is 17.9. The Morgan fingerprint density at radius 1 is 0.674 bits per heavy atom. The topological polar surface area (TPSA) is 41.1 Å². The average Bonchev–Trinajstić information content (AvgIpc) is 3.28. The summed E-state index contributed by atoms with van der Waals surface area (Å²) in [6.45, 7) is 13.2. The lowest BCUT2D eigenvalue weighted by atomic mass is 9.99. The maximum atomic E-state index is 5.14. The van der Waals surface area contributed by atoms with Crippen LogP contribution in [0.1, 0.15) is 24.0 Å². The minimum absolute atomic E-state index is 0. The van der Waals surface area contributed by atoms with Crippen LogP contribution in [0.25, 0.3) is 22.2 Å². The fourth-order valence-electron chi connectivity index (χ4n) is 5.97. The third-order valence-corrected chi connectivity index (χ3v) is 8.50. The number of anilines is 1. The lowest BCUT2D eigenvalue weighted by Crippen LogP contribution is -2.31. The zero-order valence-corrected chi connectivity index (χ0v) is 37.9. The highest BCUT2D eigenvalue weighted by atomic mass is 79.9. The van der Waals surface area contributed by atoms with Crippen molar-refractivity contribution in [2.75, 3.05) is 99.0 Å². The van der Waals surface area contributed by atoms with E-state index in [0.717, 1.165) is 75.8 Å². The quantitative estimate of drug-likeness (QED) is 0.237. The summed E-state index contributed by atoms with van der Waals surface area (Å²) < 4.78 is 0. The van der Waals surface area contributed by atoms with Crippen LogP contribution in [0, 0.1) is 0 Å². The van der Waals surface area contributed by atoms with Gasteiger partial charge in [0.1, 0.15) is 0 Å². The maximum Gasteiger partial charge on any atom is 0.0730 e. The third-order valence-electron chi connectivity index (χ3n) is 8.50. The van der Waals surface area contributed by atoms with Crippen molar-refractivity contribution in [3.8, 4) is 11.3 Å². The molecule has 0 unspecified atom stereocenters. The Morgan fingerprint density at radius 3 is 1.87 bits per heavy atom. The molecular formula is C33H55Br6N7. The standard InChI is InChI=1S/C33H49N7.6BrH/c1-36(2)18-13-34-33-24-32(35-31-10-6-5-9-30(31)33)27-11-12-28(25-39-16-7-14-37(3)19-21-39)29(23-27)26-40-17-8-15-38(4)20-22-40;;;;;;/h5-6,9-12,23-24H,7-8,13-22,25-26H2,1-4H3,(H,34,35);6*1H. The van der Waals surface area contributed by atoms with Gasteiger partial charge in [0.25, 0.3) is 0 Å². The number of pyridine rings is 1. The monoisotopic (exact) mass is 1020 g/mol. The first-order valence-corrected chi connectivity index (χ1v) is 15.2. The van der Waals surface area contributed by atoms with Gasteiger partial charge in [0, 0.05) is 69.0 Å². The van der Waals surface area contributed by atoms with Crippen LogP contribution in [0.3, 0.4) is 0 Å². The summed E-state index contributed by atoms with van der Waals surface area (Å²) in [7, 11) is 8.74. The summed E-state index contributed by atoms with van der Waals surface area (Å²) in [5.74, 6) is 0. The van der Waals surface area contributed by atoms with Crippen molar-refractivity contribution in [2.45, 2.75) is 25.9 Å². The number of halogens is 6. The number of nitrogens with zero attached hydrogens (tertiary/aromatic N) is 6. The van der Waals surface area contributed by atoms with Crippen LogP contribution in [-0.2, 0) is 13.1 Å². The fourth-order valence-corrected chi connectivity index (χ4v) is 5.97. The molecule has 0 amide bonds. The van der Waals surface area contributed by atoms with Crippen molar-refractivity contribution < 1.29 is 0 Å². The molecule has 264 valence electrons. The molecule has 1 aromatic heterocycles. The van der Waals surface area contributed by atoms with E-state index in [2.05, 4.69) is 107 Å². The molecule has 3 heterocycles. The molecule has 3 aromatic rings. The summed E-state index contributed by atoms with van der Waals surface area (Å²) in [6.07, 6.45) is 2.48. The van der Waals surface area contributed by atoms with Gasteiger partial charge < -0.3 is 20.0 Å². The summed E-state index contributed by atoms with van der Waals surface area (Å²) >= 11 is 0. The van der Waals surface area contributed by atoms with Gasteiger partial charge in [-0.2, -0.15) is 0 Å². The van der Waals surface area contributed by atoms with E-state index >= 15 is 0 Å². The summed E-state index contributed by atoms with van der Waals surface area (Å²) in [5.41, 5.74) is 7.39. The van der Waals surface area contributed by atoms with Gasteiger partial charge in [-0.15, -0.1) is 102 Å². The van der Waals surface area contributed by atoms with Crippen molar-refractivity contribution in [1.29, 1.82) is 0 Å². The molecule has 0 bridgehead atoms. The zero-order chi connectivity index (χ0) is 27.9. The van der Waals surface area contributed by atoms with Crippen LogP contribution in [0.15, 0.2) is 48.5 Å². The second kappa shape index (κ2) is 24.5. The smallest absolute Gasteiger partial charge is 0.0730 e. The van der Waals surface area contributed by atoms with Crippen LogP contribution >= 0.6 is 102 Å². The molecule has 0 spiro atoms. The van der Waals surface area contributed by atoms with Crippen LogP contribution in [0.4, 0.5) is 5.69 Å². The highest BCUT2D eigenvalue weighted by molar-refractivity contribution is 8.93. The number of fused-ring (bicyclic) bond motifs is 1. The number of benzene rings is 2. The van der Waals surface area contributed by atoms with Gasteiger partial charge in [-0.05, 0) is 96.5 Å². The minimum atomic E-state index is 0. The number of hydrogen-bond acceptors (Lipinski definition) is 7. The van der Waals surface area contributed by atoms with Gasteiger partial charge in [-0.25, -0.2) is 4.98 Å². The zero-order valence-electron chi connectivity index (χ0n) is 27.7. The predicted octanol–water partition coefficient (Wildman–Crippen LogP) is 7.62. The Bertz CT molecular complexity index is 1270. The molecule has 7 nitrogen and oxygen atoms in total. The number of aromatic nitrogens is 1. The van der Waals surface area contributed by atoms with Crippen LogP contribution in [-0.4, -0.2) is 123 Å². The number of likely N-dealkylation sites (N-methyl/N-ethyl adjacent to an activating group) is 3. The third kappa shape index (κ3) is 14.3. The molecule has 2 aliphatic heterocycles. The SMILES string of the molecule is Br.Br.Br.Br.Br.Br.CN(C)CCNc1cc(-c2ccc(CN3CCCN(C)CC3)c(CN3CCCN(C)CC3)c2)nc2ccccc12. The first kappa shape index (κ1) is 48.4. The molecule has 0 radical (unpaired) electrons. The average molecular weight is 1030 g/mol. The minimum Gasteiger partial charge on any atom is -0.383 e. The summed E-state index contributed by atoms with van der Waals surface area (Å²) in [4.78, 5) is 17.6. The largest absolute Gasteiger partial charge is 0.383 e. The van der Waals surface area contributed by atoms with Gasteiger partial charge in [-0.3, -0.25) is 9.80 Å². The molecule has 0 aliphatic carbocycles. The highest BCUT2D eigenvalue weighted by Crippen LogP contribution is 2.30. The Balaban J connectivity index is 0. The van der Waals surface area contributed by atoms with Crippen molar-refractivity contribution >= 4 is 118 Å². The van der Waals surface area contributed by atoms with E-state index in [1.165, 1.54) is 54.6 Å². The predicted molar refractivity (Wildman–Crippen MR) is 231 cm³/mol. The second-order valence-electron chi connectivity index (χ2n) is 12.2. The molecule has 2 fully saturated rings. The van der Waals surface area contributed by atoms with Crippen LogP contribution < -0.4 is 5.32 Å². The molecular weight excluding hydrogens is 974 g/mol. The second-order valence-corrected chi connectivity index (χ2v) is 12.2. The van der Waals surface area contributed by atoms with Gasteiger partial charge >= 0.3 is 0 Å². The number of nitrogens with one attached hydrogen (secondary N) is 1. The first-order chi connectivity index (χ1) is 19.4. The van der Waals surface area contributed by atoms with E-state index in [1.54, 1.807) is 0 Å². The van der Waals surface area contributed by atoms with E-state index in [9.17, 15) is 0 Å². The lowest BCUT2D eigenvalue weighted by Gasteiger charge is -2.25. The van der Waals surface area contributed by atoms with Crippen LogP contribution in [0.5, 0.6) is 0 Å². The highest BCUT2D eigenvalue weighted by Gasteiger charge is 2.18. The maximum absolute atomic E-state index is 5.14. The number of para-hydroxylation sites is 1. The molecule has 2 saturated heterocycles. The van der Waals surface area contributed by atoms with Crippen molar-refractivity contribution in [3.63, 3.8) is 0 Å². The Labute approximate surface area is 340 Å². The first-order valence-electron chi connectivity index (χ1n) is 15.2. The van der Waals surface area contributed by atoms with E-state index < -0.39 is 0 Å². The number of rotatable bonds is 9. The Hall–Kier alpha value is 0.330. The van der Waals surface area contributed by atoms with Crippen LogP contribution in [0.2, 0.25) is 0 Å². The van der Waals surface area contributed by atoms with E-state index in [1.807, 2.05) is 0 Å². The number of hydrogen-bond donors (Lipinski definition) is 1.